The molecule has 0 bridgehead atoms. The summed E-state index contributed by atoms with van der Waals surface area (Å²) >= 11 is 7.13. The zero-order valence-electron chi connectivity index (χ0n) is 8.27. The van der Waals surface area contributed by atoms with Crippen LogP contribution < -0.4 is 5.73 Å². The minimum absolute atomic E-state index is 0.354. The van der Waals surface area contributed by atoms with Gasteiger partial charge < -0.3 is 5.73 Å². The summed E-state index contributed by atoms with van der Waals surface area (Å²) in [6.07, 6.45) is 0. The lowest BCUT2D eigenvalue weighted by atomic mass is 10.1. The van der Waals surface area contributed by atoms with Gasteiger partial charge in [-0.1, -0.05) is 23.7 Å². The Morgan fingerprint density at radius 1 is 1.38 bits per heavy atom. The first-order valence-electron chi connectivity index (χ1n) is 4.60. The van der Waals surface area contributed by atoms with Crippen molar-refractivity contribution < 1.29 is 0 Å². The number of rotatable bonds is 2. The van der Waals surface area contributed by atoms with E-state index < -0.39 is 0 Å². The lowest BCUT2D eigenvalue weighted by Gasteiger charge is -1.97. The van der Waals surface area contributed by atoms with Crippen LogP contribution in [0.5, 0.6) is 0 Å². The molecule has 0 amide bonds. The summed E-state index contributed by atoms with van der Waals surface area (Å²) in [6.45, 7) is 0.354. The molecule has 0 fully saturated rings. The van der Waals surface area contributed by atoms with Gasteiger partial charge in [0.1, 0.15) is 16.0 Å². The molecule has 0 aliphatic heterocycles. The summed E-state index contributed by atoms with van der Waals surface area (Å²) in [4.78, 5) is 4.91. The third-order valence-electron chi connectivity index (χ3n) is 2.07. The zero-order valence-corrected chi connectivity index (χ0v) is 9.85. The first-order valence-corrected chi connectivity index (χ1v) is 5.80. The number of halogens is 1. The van der Waals surface area contributed by atoms with Crippen LogP contribution >= 0.6 is 22.9 Å². The van der Waals surface area contributed by atoms with Crippen LogP contribution in [0.15, 0.2) is 24.3 Å². The summed E-state index contributed by atoms with van der Waals surface area (Å²) < 4.78 is 0. The van der Waals surface area contributed by atoms with Crippen LogP contribution in [0, 0.1) is 11.3 Å². The summed E-state index contributed by atoms with van der Waals surface area (Å²) in [7, 11) is 0. The maximum atomic E-state index is 9.00. The fourth-order valence-electron chi connectivity index (χ4n) is 1.33. The van der Waals surface area contributed by atoms with E-state index >= 15 is 0 Å². The molecule has 3 nitrogen and oxygen atoms in total. The van der Waals surface area contributed by atoms with E-state index in [2.05, 4.69) is 11.1 Å². The topological polar surface area (TPSA) is 62.7 Å². The number of nitrogens with two attached hydrogens (primary N) is 1. The van der Waals surface area contributed by atoms with Gasteiger partial charge in [-0.3, -0.25) is 0 Å². The van der Waals surface area contributed by atoms with Gasteiger partial charge >= 0.3 is 0 Å². The van der Waals surface area contributed by atoms with Crippen LogP contribution in [0.25, 0.3) is 11.3 Å². The fourth-order valence-corrected chi connectivity index (χ4v) is 2.22. The number of hydrogen-bond donors (Lipinski definition) is 1. The summed E-state index contributed by atoms with van der Waals surface area (Å²) in [6, 6.07) is 9.38. The minimum Gasteiger partial charge on any atom is -0.325 e. The number of hydrogen-bond acceptors (Lipinski definition) is 4. The van der Waals surface area contributed by atoms with Gasteiger partial charge in [0.05, 0.1) is 5.69 Å². The highest BCUT2D eigenvalue weighted by Gasteiger charge is 2.11. The molecule has 0 saturated carbocycles. The molecule has 5 heteroatoms. The van der Waals surface area contributed by atoms with Crippen LogP contribution in [0.4, 0.5) is 0 Å². The molecule has 0 atom stereocenters. The van der Waals surface area contributed by atoms with Gasteiger partial charge in [-0.25, -0.2) is 4.98 Å². The van der Waals surface area contributed by atoms with E-state index in [1.807, 2.05) is 12.1 Å². The Morgan fingerprint density at radius 3 is 2.62 bits per heavy atom. The van der Waals surface area contributed by atoms with Gasteiger partial charge in [0.15, 0.2) is 0 Å². The molecule has 0 aliphatic carbocycles. The van der Waals surface area contributed by atoms with Crippen LogP contribution in [-0.2, 0) is 6.54 Å². The largest absolute Gasteiger partial charge is 0.325 e. The van der Waals surface area contributed by atoms with Gasteiger partial charge in [0.25, 0.3) is 0 Å². The van der Waals surface area contributed by atoms with Crippen molar-refractivity contribution in [2.75, 3.05) is 0 Å². The second-order valence-corrected chi connectivity index (χ2v) is 4.63. The molecular formula is C11H8ClN3S. The molecule has 0 saturated heterocycles. The Hall–Kier alpha value is -1.41. The average molecular weight is 250 g/mol. The monoisotopic (exact) mass is 249 g/mol. The van der Waals surface area contributed by atoms with E-state index in [1.165, 1.54) is 11.3 Å². The lowest BCUT2D eigenvalue weighted by Crippen LogP contribution is -1.94. The zero-order chi connectivity index (χ0) is 11.5. The molecule has 1 heterocycles. The van der Waals surface area contributed by atoms with Crippen LogP contribution in [-0.4, -0.2) is 4.98 Å². The molecule has 0 aliphatic rings. The van der Waals surface area contributed by atoms with E-state index in [0.29, 0.717) is 22.1 Å². The Labute approximate surface area is 102 Å². The highest BCUT2D eigenvalue weighted by Crippen LogP contribution is 2.28. The van der Waals surface area contributed by atoms with Crippen molar-refractivity contribution in [2.24, 2.45) is 5.73 Å². The first kappa shape index (κ1) is 11.1. The van der Waals surface area contributed by atoms with Crippen molar-refractivity contribution in [1.82, 2.24) is 4.98 Å². The number of aromatic nitrogens is 1. The molecule has 80 valence electrons. The van der Waals surface area contributed by atoms with Gasteiger partial charge in [-0.05, 0) is 12.1 Å². The van der Waals surface area contributed by atoms with Gasteiger partial charge in [-0.2, -0.15) is 5.26 Å². The van der Waals surface area contributed by atoms with Gasteiger partial charge in [0.2, 0.25) is 0 Å². The van der Waals surface area contributed by atoms with Crippen LogP contribution in [0.1, 0.15) is 9.88 Å². The third kappa shape index (κ3) is 2.07. The normalized spacial score (nSPS) is 10.1. The van der Waals surface area contributed by atoms with E-state index in [4.69, 9.17) is 22.6 Å². The van der Waals surface area contributed by atoms with Gasteiger partial charge in [-0.15, -0.1) is 11.3 Å². The Balaban J connectivity index is 2.51. The second kappa shape index (κ2) is 4.62. The summed E-state index contributed by atoms with van der Waals surface area (Å²) in [5.74, 6) is 0. The number of thiazole rings is 1. The lowest BCUT2D eigenvalue weighted by molar-refractivity contribution is 1.04. The smallest absolute Gasteiger partial charge is 0.132 e. The summed E-state index contributed by atoms with van der Waals surface area (Å²) in [5.41, 5.74) is 7.08. The van der Waals surface area contributed by atoms with E-state index in [-0.39, 0.29) is 0 Å². The maximum absolute atomic E-state index is 9.00. The maximum Gasteiger partial charge on any atom is 0.132 e. The molecule has 0 spiro atoms. The highest BCUT2D eigenvalue weighted by atomic mass is 35.5. The first-order chi connectivity index (χ1) is 7.74. The van der Waals surface area contributed by atoms with Crippen LogP contribution in [0.3, 0.4) is 0 Å². The van der Waals surface area contributed by atoms with Crippen molar-refractivity contribution in [3.8, 4) is 17.3 Å². The molecular weight excluding hydrogens is 242 g/mol. The molecule has 1 aromatic carbocycles. The highest BCUT2D eigenvalue weighted by molar-refractivity contribution is 7.12. The second-order valence-electron chi connectivity index (χ2n) is 3.11. The van der Waals surface area contributed by atoms with E-state index in [1.54, 1.807) is 12.1 Å². The molecule has 0 radical (unpaired) electrons. The van der Waals surface area contributed by atoms with Crippen molar-refractivity contribution >= 4 is 22.9 Å². The quantitative estimate of drug-likeness (QED) is 0.890. The molecule has 2 N–H and O–H groups in total. The third-order valence-corrected chi connectivity index (χ3v) is 3.30. The summed E-state index contributed by atoms with van der Waals surface area (Å²) in [5, 5.41) is 10.4. The van der Waals surface area contributed by atoms with Crippen molar-refractivity contribution in [2.45, 2.75) is 6.54 Å². The molecule has 2 aromatic rings. The van der Waals surface area contributed by atoms with Crippen molar-refractivity contribution in [1.29, 1.82) is 5.26 Å². The fraction of sp³-hybridized carbons (Fsp3) is 0.0909. The minimum atomic E-state index is 0.354. The SMILES string of the molecule is N#Cc1sc(CN)nc1-c1ccc(Cl)cc1. The number of nitrogens with zero attached hydrogens (tertiary/aromatic N) is 2. The molecule has 0 unspecified atom stereocenters. The van der Waals surface area contributed by atoms with Crippen molar-refractivity contribution in [3.63, 3.8) is 0 Å². The molecule has 16 heavy (non-hydrogen) atoms. The number of benzene rings is 1. The average Bonchev–Trinajstić information content (AvgIpc) is 2.73. The predicted molar refractivity (Wildman–Crippen MR) is 65.2 cm³/mol. The standard InChI is InChI=1S/C11H8ClN3S/c12-8-3-1-7(2-4-8)11-9(5-13)16-10(6-14)15-11/h1-4H,6,14H2. The Bertz CT molecular complexity index is 539. The Morgan fingerprint density at radius 2 is 2.06 bits per heavy atom. The number of nitriles is 1. The molecule has 1 aromatic heterocycles. The van der Waals surface area contributed by atoms with Crippen molar-refractivity contribution in [3.05, 3.63) is 39.2 Å². The molecule has 2 rings (SSSR count). The van der Waals surface area contributed by atoms with Gasteiger partial charge in [0, 0.05) is 17.1 Å². The Kier molecular flexibility index (Phi) is 3.20. The van der Waals surface area contributed by atoms with E-state index in [9.17, 15) is 0 Å². The predicted octanol–water partition coefficient (Wildman–Crippen LogP) is 2.79. The van der Waals surface area contributed by atoms with E-state index in [0.717, 1.165) is 10.6 Å². The van der Waals surface area contributed by atoms with Crippen LogP contribution in [0.2, 0.25) is 5.02 Å².